The monoisotopic (exact) mass is 371 g/mol. The van der Waals surface area contributed by atoms with E-state index >= 15 is 0 Å². The average Bonchev–Trinajstić information content (AvgIpc) is 3.02. The topological polar surface area (TPSA) is 54.0 Å². The summed E-state index contributed by atoms with van der Waals surface area (Å²) in [5, 5.41) is 9.12. The molecule has 0 aliphatic heterocycles. The molecule has 1 aromatic heterocycles. The van der Waals surface area contributed by atoms with Crippen molar-refractivity contribution in [3.63, 3.8) is 0 Å². The third kappa shape index (κ3) is 4.18. The number of carbonyl (C=O) groups excluding carboxylic acids is 1. The van der Waals surface area contributed by atoms with Crippen LogP contribution in [0.1, 0.15) is 27.2 Å². The van der Waals surface area contributed by atoms with Crippen molar-refractivity contribution < 1.29 is 4.79 Å². The number of benzene rings is 2. The maximum atomic E-state index is 12.4. The van der Waals surface area contributed by atoms with E-state index in [1.165, 1.54) is 16.9 Å². The maximum Gasteiger partial charge on any atom is 0.275 e. The summed E-state index contributed by atoms with van der Waals surface area (Å²) in [4.78, 5) is 16.8. The number of nitrogens with zero attached hydrogens (tertiary/aromatic N) is 1. The summed E-state index contributed by atoms with van der Waals surface area (Å²) in [6, 6.07) is 11.6. The van der Waals surface area contributed by atoms with E-state index in [0.29, 0.717) is 21.5 Å². The molecule has 4 nitrogen and oxygen atoms in total. The van der Waals surface area contributed by atoms with Gasteiger partial charge in [0.15, 0.2) is 5.13 Å². The number of anilines is 3. The molecular weight excluding hydrogens is 354 g/mol. The summed E-state index contributed by atoms with van der Waals surface area (Å²) < 4.78 is 0. The fraction of sp³-hybridized carbons (Fsp3) is 0.158. The van der Waals surface area contributed by atoms with Crippen LogP contribution in [-0.4, -0.2) is 10.9 Å². The van der Waals surface area contributed by atoms with Crippen molar-refractivity contribution in [3.05, 3.63) is 69.2 Å². The second-order valence-electron chi connectivity index (χ2n) is 5.89. The Kier molecular flexibility index (Phi) is 5.06. The summed E-state index contributed by atoms with van der Waals surface area (Å²) in [7, 11) is 0. The SMILES string of the molecule is Cc1ccc(Nc2nc(C(=O)Nc3cc(Cl)ccc3C)cs2)c(C)c1. The molecule has 128 valence electrons. The molecule has 3 rings (SSSR count). The van der Waals surface area contributed by atoms with Crippen LogP contribution in [0.3, 0.4) is 0 Å². The van der Waals surface area contributed by atoms with E-state index in [4.69, 9.17) is 11.6 Å². The number of hydrogen-bond donors (Lipinski definition) is 2. The van der Waals surface area contributed by atoms with Crippen molar-refractivity contribution in [3.8, 4) is 0 Å². The van der Waals surface area contributed by atoms with Crippen LogP contribution in [0.25, 0.3) is 0 Å². The Hall–Kier alpha value is -2.37. The normalized spacial score (nSPS) is 10.6. The number of amides is 1. The predicted molar refractivity (Wildman–Crippen MR) is 105 cm³/mol. The zero-order valence-electron chi connectivity index (χ0n) is 14.2. The van der Waals surface area contributed by atoms with E-state index < -0.39 is 0 Å². The first-order valence-electron chi connectivity index (χ1n) is 7.79. The van der Waals surface area contributed by atoms with Crippen molar-refractivity contribution in [1.29, 1.82) is 0 Å². The summed E-state index contributed by atoms with van der Waals surface area (Å²) >= 11 is 7.39. The van der Waals surface area contributed by atoms with E-state index in [1.807, 2.05) is 32.0 Å². The number of rotatable bonds is 4. The zero-order chi connectivity index (χ0) is 18.0. The molecule has 25 heavy (non-hydrogen) atoms. The highest BCUT2D eigenvalue weighted by Gasteiger charge is 2.13. The van der Waals surface area contributed by atoms with Crippen molar-refractivity contribution in [2.45, 2.75) is 20.8 Å². The van der Waals surface area contributed by atoms with Crippen LogP contribution >= 0.6 is 22.9 Å². The van der Waals surface area contributed by atoms with Gasteiger partial charge in [0.2, 0.25) is 0 Å². The molecule has 0 saturated carbocycles. The Bertz CT molecular complexity index is 936. The number of nitrogens with one attached hydrogen (secondary N) is 2. The second kappa shape index (κ2) is 7.25. The average molecular weight is 372 g/mol. The third-order valence-electron chi connectivity index (χ3n) is 3.81. The predicted octanol–water partition coefficient (Wildman–Crippen LogP) is 5.72. The largest absolute Gasteiger partial charge is 0.331 e. The Labute approximate surface area is 155 Å². The van der Waals surface area contributed by atoms with Crippen LogP contribution in [0.15, 0.2) is 41.8 Å². The van der Waals surface area contributed by atoms with E-state index in [2.05, 4.69) is 28.6 Å². The smallest absolute Gasteiger partial charge is 0.275 e. The van der Waals surface area contributed by atoms with E-state index in [-0.39, 0.29) is 5.91 Å². The summed E-state index contributed by atoms with van der Waals surface area (Å²) in [6.45, 7) is 6.01. The summed E-state index contributed by atoms with van der Waals surface area (Å²) in [5.74, 6) is -0.254. The lowest BCUT2D eigenvalue weighted by atomic mass is 10.1. The van der Waals surface area contributed by atoms with Crippen LogP contribution in [-0.2, 0) is 0 Å². The van der Waals surface area contributed by atoms with Gasteiger partial charge in [-0.05, 0) is 50.1 Å². The van der Waals surface area contributed by atoms with Crippen LogP contribution in [0.4, 0.5) is 16.5 Å². The Morgan fingerprint density at radius 3 is 2.60 bits per heavy atom. The molecule has 2 aromatic carbocycles. The molecule has 1 heterocycles. The molecule has 0 atom stereocenters. The molecule has 0 unspecified atom stereocenters. The lowest BCUT2D eigenvalue weighted by Gasteiger charge is -2.08. The van der Waals surface area contributed by atoms with E-state index in [0.717, 1.165) is 16.8 Å². The molecule has 0 saturated heterocycles. The molecule has 0 aliphatic carbocycles. The quantitative estimate of drug-likeness (QED) is 0.616. The van der Waals surface area contributed by atoms with Gasteiger partial charge in [0.05, 0.1) is 0 Å². The van der Waals surface area contributed by atoms with Gasteiger partial charge in [0.25, 0.3) is 5.91 Å². The van der Waals surface area contributed by atoms with Crippen molar-refractivity contribution in [1.82, 2.24) is 4.98 Å². The molecule has 0 aliphatic rings. The molecule has 0 bridgehead atoms. The van der Waals surface area contributed by atoms with Gasteiger partial charge in [0, 0.05) is 21.8 Å². The van der Waals surface area contributed by atoms with Crippen LogP contribution in [0, 0.1) is 20.8 Å². The van der Waals surface area contributed by atoms with Crippen LogP contribution in [0.5, 0.6) is 0 Å². The first-order chi connectivity index (χ1) is 11.9. The molecule has 2 N–H and O–H groups in total. The number of halogens is 1. The molecule has 1 amide bonds. The van der Waals surface area contributed by atoms with E-state index in [9.17, 15) is 4.79 Å². The van der Waals surface area contributed by atoms with Gasteiger partial charge < -0.3 is 10.6 Å². The Balaban J connectivity index is 1.74. The maximum absolute atomic E-state index is 12.4. The number of aromatic nitrogens is 1. The van der Waals surface area contributed by atoms with Gasteiger partial charge in [-0.1, -0.05) is 35.4 Å². The van der Waals surface area contributed by atoms with Gasteiger partial charge >= 0.3 is 0 Å². The molecule has 0 radical (unpaired) electrons. The lowest BCUT2D eigenvalue weighted by Crippen LogP contribution is -2.13. The standard InChI is InChI=1S/C19H18ClN3OS/c1-11-4-7-15(13(3)8-11)22-19-23-17(10-25-19)18(24)21-16-9-14(20)6-5-12(16)2/h4-10H,1-3H3,(H,21,24)(H,22,23). The lowest BCUT2D eigenvalue weighted by molar-refractivity contribution is 0.102. The number of thiazole rings is 1. The van der Waals surface area contributed by atoms with Crippen LogP contribution < -0.4 is 10.6 Å². The van der Waals surface area contributed by atoms with Gasteiger partial charge in [-0.3, -0.25) is 4.79 Å². The van der Waals surface area contributed by atoms with E-state index in [1.54, 1.807) is 17.5 Å². The van der Waals surface area contributed by atoms with Crippen molar-refractivity contribution >= 4 is 45.4 Å². The van der Waals surface area contributed by atoms with Crippen molar-refractivity contribution in [2.75, 3.05) is 10.6 Å². The molecule has 0 spiro atoms. The zero-order valence-corrected chi connectivity index (χ0v) is 15.8. The minimum absolute atomic E-state index is 0.254. The van der Waals surface area contributed by atoms with Crippen LogP contribution in [0.2, 0.25) is 5.02 Å². The second-order valence-corrected chi connectivity index (χ2v) is 7.19. The number of aryl methyl sites for hydroxylation is 3. The highest BCUT2D eigenvalue weighted by Crippen LogP contribution is 2.25. The molecule has 6 heteroatoms. The fourth-order valence-electron chi connectivity index (χ4n) is 2.42. The Morgan fingerprint density at radius 2 is 1.84 bits per heavy atom. The first kappa shape index (κ1) is 17.5. The number of hydrogen-bond acceptors (Lipinski definition) is 4. The van der Waals surface area contributed by atoms with Gasteiger partial charge in [-0.2, -0.15) is 0 Å². The highest BCUT2D eigenvalue weighted by molar-refractivity contribution is 7.14. The fourth-order valence-corrected chi connectivity index (χ4v) is 3.29. The van der Waals surface area contributed by atoms with Gasteiger partial charge in [-0.15, -0.1) is 11.3 Å². The minimum atomic E-state index is -0.254. The molecule has 3 aromatic rings. The highest BCUT2D eigenvalue weighted by atomic mass is 35.5. The molecule has 0 fully saturated rings. The third-order valence-corrected chi connectivity index (χ3v) is 4.80. The van der Waals surface area contributed by atoms with Gasteiger partial charge in [-0.25, -0.2) is 4.98 Å². The Morgan fingerprint density at radius 1 is 1.04 bits per heavy atom. The minimum Gasteiger partial charge on any atom is -0.331 e. The first-order valence-corrected chi connectivity index (χ1v) is 9.05. The molecular formula is C19H18ClN3OS. The number of carbonyl (C=O) groups is 1. The summed E-state index contributed by atoms with van der Waals surface area (Å²) in [5.41, 5.74) is 5.33. The van der Waals surface area contributed by atoms with Crippen molar-refractivity contribution in [2.24, 2.45) is 0 Å². The van der Waals surface area contributed by atoms with Gasteiger partial charge in [0.1, 0.15) is 5.69 Å². The summed E-state index contributed by atoms with van der Waals surface area (Å²) in [6.07, 6.45) is 0.